The van der Waals surface area contributed by atoms with Crippen molar-refractivity contribution in [3.8, 4) is 0 Å². The van der Waals surface area contributed by atoms with Crippen molar-refractivity contribution in [2.75, 3.05) is 0 Å². The second kappa shape index (κ2) is 3.92. The van der Waals surface area contributed by atoms with Crippen molar-refractivity contribution < 1.29 is 14.6 Å². The Morgan fingerprint density at radius 3 is 2.50 bits per heavy atom. The molecule has 2 aliphatic rings. The van der Waals surface area contributed by atoms with Crippen molar-refractivity contribution in [3.05, 3.63) is 61.3 Å². The first-order chi connectivity index (χ1) is 9.49. The van der Waals surface area contributed by atoms with Crippen molar-refractivity contribution in [3.63, 3.8) is 0 Å². The second-order valence-electron chi connectivity index (χ2n) is 4.16. The minimum absolute atomic E-state index is 0.147. The maximum Gasteiger partial charge on any atom is 0.286 e. The first kappa shape index (κ1) is 11.9. The van der Waals surface area contributed by atoms with E-state index in [2.05, 4.69) is 4.99 Å². The number of hydrogen-bond donors (Lipinski definition) is 0. The number of allylic oxidation sites excluding steroid dienone is 2. The summed E-state index contributed by atoms with van der Waals surface area (Å²) in [7, 11) is 0. The Kier molecular flexibility index (Phi) is 2.33. The summed E-state index contributed by atoms with van der Waals surface area (Å²) >= 11 is 0. The van der Waals surface area contributed by atoms with E-state index in [-0.39, 0.29) is 28.2 Å². The smallest absolute Gasteiger partial charge is 0.286 e. The Balaban J connectivity index is 2.32. The van der Waals surface area contributed by atoms with Crippen LogP contribution >= 0.6 is 0 Å². The molecule has 0 atom stereocenters. The van der Waals surface area contributed by atoms with Gasteiger partial charge in [-0.25, -0.2) is 0 Å². The van der Waals surface area contributed by atoms with Crippen molar-refractivity contribution >= 4 is 28.9 Å². The summed E-state index contributed by atoms with van der Waals surface area (Å²) in [6.07, 6.45) is 3.89. The third-order valence-electron chi connectivity index (χ3n) is 3.03. The number of nitrogens with zero attached hydrogens (tertiary/aromatic N) is 3. The second-order valence-corrected chi connectivity index (χ2v) is 4.16. The molecule has 8 heteroatoms. The predicted molar refractivity (Wildman–Crippen MR) is 68.4 cm³/mol. The number of ketones is 1. The summed E-state index contributed by atoms with van der Waals surface area (Å²) in [5.74, 6) is -0.330. The number of fused-ring (bicyclic) bond motifs is 3. The first-order valence-corrected chi connectivity index (χ1v) is 5.47. The van der Waals surface area contributed by atoms with Gasteiger partial charge in [-0.05, 0) is 11.6 Å². The van der Waals surface area contributed by atoms with Crippen LogP contribution in [0.25, 0.3) is 6.08 Å². The number of nitro groups is 2. The molecule has 0 fully saturated rings. The summed E-state index contributed by atoms with van der Waals surface area (Å²) in [6, 6.07) is 2.07. The molecule has 0 bridgehead atoms. The van der Waals surface area contributed by atoms with Crippen LogP contribution < -0.4 is 0 Å². The van der Waals surface area contributed by atoms with Crippen LogP contribution in [-0.2, 0) is 4.79 Å². The van der Waals surface area contributed by atoms with Crippen molar-refractivity contribution in [2.45, 2.75) is 0 Å². The third-order valence-corrected chi connectivity index (χ3v) is 3.03. The van der Waals surface area contributed by atoms with Crippen LogP contribution in [0.3, 0.4) is 0 Å². The SMILES string of the molecule is O=C1C=CN=C2C1=Cc1cc([N+](=O)[O-])cc([N+](=O)[O-])c12. The number of aliphatic imine (C=N–C) groups is 1. The largest absolute Gasteiger partial charge is 0.289 e. The molecule has 0 N–H and O–H groups in total. The monoisotopic (exact) mass is 271 g/mol. The summed E-state index contributed by atoms with van der Waals surface area (Å²) < 4.78 is 0. The van der Waals surface area contributed by atoms with Gasteiger partial charge >= 0.3 is 0 Å². The average Bonchev–Trinajstić information content (AvgIpc) is 2.77. The number of non-ortho nitro benzene ring substituents is 1. The quantitative estimate of drug-likeness (QED) is 0.600. The van der Waals surface area contributed by atoms with Gasteiger partial charge in [0.1, 0.15) is 0 Å². The Bertz CT molecular complexity index is 789. The fourth-order valence-corrected chi connectivity index (χ4v) is 2.20. The highest BCUT2D eigenvalue weighted by atomic mass is 16.6. The molecule has 0 spiro atoms. The molecule has 0 aromatic heterocycles. The molecule has 0 saturated carbocycles. The van der Waals surface area contributed by atoms with Crippen LogP contribution in [0.1, 0.15) is 11.1 Å². The molecule has 1 aliphatic heterocycles. The summed E-state index contributed by atoms with van der Waals surface area (Å²) in [4.78, 5) is 36.2. The van der Waals surface area contributed by atoms with Gasteiger partial charge in [0.25, 0.3) is 11.4 Å². The highest BCUT2D eigenvalue weighted by molar-refractivity contribution is 6.39. The normalized spacial score (nSPS) is 15.3. The maximum absolute atomic E-state index is 11.7. The topological polar surface area (TPSA) is 116 Å². The van der Waals surface area contributed by atoms with E-state index in [9.17, 15) is 25.0 Å². The van der Waals surface area contributed by atoms with Gasteiger partial charge in [-0.15, -0.1) is 0 Å². The Labute approximate surface area is 111 Å². The van der Waals surface area contributed by atoms with Crippen molar-refractivity contribution in [1.82, 2.24) is 0 Å². The number of nitro benzene ring substituents is 2. The van der Waals surface area contributed by atoms with Gasteiger partial charge in [-0.2, -0.15) is 0 Å². The van der Waals surface area contributed by atoms with Crippen LogP contribution in [0.2, 0.25) is 0 Å². The number of carbonyl (C=O) groups excluding carboxylic acids is 1. The average molecular weight is 271 g/mol. The fraction of sp³-hybridized carbons (Fsp3) is 0. The van der Waals surface area contributed by atoms with Crippen LogP contribution in [-0.4, -0.2) is 21.3 Å². The summed E-state index contributed by atoms with van der Waals surface area (Å²) in [6.45, 7) is 0. The van der Waals surface area contributed by atoms with Gasteiger partial charge in [0, 0.05) is 23.9 Å². The molecule has 1 aromatic rings. The molecular formula is C12H5N3O5. The van der Waals surface area contributed by atoms with E-state index in [1.54, 1.807) is 0 Å². The Morgan fingerprint density at radius 1 is 1.10 bits per heavy atom. The van der Waals surface area contributed by atoms with E-state index >= 15 is 0 Å². The highest BCUT2D eigenvalue weighted by Crippen LogP contribution is 2.37. The number of hydrogen-bond acceptors (Lipinski definition) is 6. The van der Waals surface area contributed by atoms with E-state index in [1.807, 2.05) is 0 Å². The zero-order chi connectivity index (χ0) is 14.4. The van der Waals surface area contributed by atoms with E-state index in [1.165, 1.54) is 24.4 Å². The Hall–Kier alpha value is -3.16. The predicted octanol–water partition coefficient (Wildman–Crippen LogP) is 1.79. The zero-order valence-electron chi connectivity index (χ0n) is 9.77. The molecule has 0 amide bonds. The lowest BCUT2D eigenvalue weighted by Crippen LogP contribution is -2.13. The standard InChI is InChI=1S/C12H5N3O5/c16-10-1-2-13-12-8(10)4-6-3-7(14(17)18)5-9(11(6)12)15(19)20/h1-5H. The van der Waals surface area contributed by atoms with E-state index in [0.717, 1.165) is 6.07 Å². The molecule has 0 radical (unpaired) electrons. The lowest BCUT2D eigenvalue weighted by molar-refractivity contribution is -0.394. The molecule has 3 rings (SSSR count). The summed E-state index contributed by atoms with van der Waals surface area (Å²) in [5.41, 5.74) is -0.0144. The van der Waals surface area contributed by atoms with E-state index < -0.39 is 21.2 Å². The van der Waals surface area contributed by atoms with Crippen LogP contribution in [0.5, 0.6) is 0 Å². The molecule has 1 aliphatic carbocycles. The van der Waals surface area contributed by atoms with E-state index in [4.69, 9.17) is 0 Å². The molecule has 1 aromatic carbocycles. The molecule has 8 nitrogen and oxygen atoms in total. The lowest BCUT2D eigenvalue weighted by Gasteiger charge is -2.06. The van der Waals surface area contributed by atoms with Gasteiger partial charge in [-0.1, -0.05) is 0 Å². The van der Waals surface area contributed by atoms with Gasteiger partial charge in [0.05, 0.1) is 27.2 Å². The molecule has 20 heavy (non-hydrogen) atoms. The minimum atomic E-state index is -0.714. The van der Waals surface area contributed by atoms with Gasteiger partial charge in [0.15, 0.2) is 5.78 Å². The minimum Gasteiger partial charge on any atom is -0.289 e. The van der Waals surface area contributed by atoms with E-state index in [0.29, 0.717) is 0 Å². The highest BCUT2D eigenvalue weighted by Gasteiger charge is 2.34. The summed E-state index contributed by atoms with van der Waals surface area (Å²) in [5, 5.41) is 21.9. The molecule has 1 heterocycles. The van der Waals surface area contributed by atoms with Gasteiger partial charge in [-0.3, -0.25) is 30.0 Å². The zero-order valence-corrected chi connectivity index (χ0v) is 9.77. The van der Waals surface area contributed by atoms with Gasteiger partial charge in [0.2, 0.25) is 0 Å². The van der Waals surface area contributed by atoms with Gasteiger partial charge < -0.3 is 0 Å². The molecular weight excluding hydrogens is 266 g/mol. The number of benzene rings is 1. The molecule has 0 unspecified atom stereocenters. The van der Waals surface area contributed by atoms with Crippen LogP contribution in [0.4, 0.5) is 11.4 Å². The lowest BCUT2D eigenvalue weighted by atomic mass is 10.0. The number of carbonyl (C=O) groups is 1. The molecule has 0 saturated heterocycles. The maximum atomic E-state index is 11.7. The van der Waals surface area contributed by atoms with Crippen LogP contribution in [0.15, 0.2) is 35.0 Å². The number of rotatable bonds is 2. The fourth-order valence-electron chi connectivity index (χ4n) is 2.20. The van der Waals surface area contributed by atoms with Crippen LogP contribution in [0, 0.1) is 20.2 Å². The Morgan fingerprint density at radius 2 is 1.85 bits per heavy atom. The third kappa shape index (κ3) is 1.55. The van der Waals surface area contributed by atoms with Crippen molar-refractivity contribution in [2.24, 2.45) is 4.99 Å². The molecule has 98 valence electrons. The van der Waals surface area contributed by atoms with Crippen molar-refractivity contribution in [1.29, 1.82) is 0 Å². The first-order valence-electron chi connectivity index (χ1n) is 5.47.